The van der Waals surface area contributed by atoms with E-state index in [1.165, 1.54) is 0 Å². The van der Waals surface area contributed by atoms with Gasteiger partial charge in [0, 0.05) is 18.7 Å². The van der Waals surface area contributed by atoms with E-state index in [-0.39, 0.29) is 0 Å². The fourth-order valence-corrected chi connectivity index (χ4v) is 2.00. The molecule has 21 heavy (non-hydrogen) atoms. The number of nitrogens with one attached hydrogen (secondary N) is 1. The van der Waals surface area contributed by atoms with Crippen LogP contribution in [0.3, 0.4) is 0 Å². The maximum atomic E-state index is 5.79. The number of ether oxygens (including phenoxy) is 3. The average molecular weight is 291 g/mol. The molecule has 2 aromatic rings. The zero-order chi connectivity index (χ0) is 15.1. The number of methoxy groups -OCH3 is 2. The van der Waals surface area contributed by atoms with Gasteiger partial charge in [-0.1, -0.05) is 0 Å². The number of furan rings is 1. The van der Waals surface area contributed by atoms with E-state index in [0.717, 1.165) is 17.7 Å². The smallest absolute Gasteiger partial charge is 0.203 e. The maximum Gasteiger partial charge on any atom is 0.203 e. The largest absolute Gasteiger partial charge is 0.493 e. The van der Waals surface area contributed by atoms with Gasteiger partial charge in [0.05, 0.1) is 26.7 Å². The van der Waals surface area contributed by atoms with Crippen molar-refractivity contribution in [3.8, 4) is 17.2 Å². The Hall–Kier alpha value is -2.14. The average Bonchev–Trinajstić information content (AvgIpc) is 3.00. The Kier molecular flexibility index (Phi) is 5.51. The Morgan fingerprint density at radius 1 is 1.14 bits per heavy atom. The molecule has 0 aliphatic carbocycles. The van der Waals surface area contributed by atoms with Gasteiger partial charge in [-0.25, -0.2) is 0 Å². The fourth-order valence-electron chi connectivity index (χ4n) is 2.00. The van der Waals surface area contributed by atoms with Crippen LogP contribution in [0.2, 0.25) is 0 Å². The molecule has 1 heterocycles. The summed E-state index contributed by atoms with van der Waals surface area (Å²) in [4.78, 5) is 0. The molecule has 0 atom stereocenters. The van der Waals surface area contributed by atoms with Gasteiger partial charge in [-0.3, -0.25) is 0 Å². The minimum Gasteiger partial charge on any atom is -0.493 e. The lowest BCUT2D eigenvalue weighted by Crippen LogP contribution is -2.20. The highest BCUT2D eigenvalue weighted by Crippen LogP contribution is 2.38. The predicted octanol–water partition coefficient (Wildman–Crippen LogP) is 2.77. The van der Waals surface area contributed by atoms with Crippen LogP contribution in [0.1, 0.15) is 11.1 Å². The van der Waals surface area contributed by atoms with Gasteiger partial charge in [-0.05, 0) is 30.7 Å². The summed E-state index contributed by atoms with van der Waals surface area (Å²) in [5, 5.41) is 3.28. The van der Waals surface area contributed by atoms with Gasteiger partial charge in [0.15, 0.2) is 11.5 Å². The second-order valence-electron chi connectivity index (χ2n) is 4.66. The van der Waals surface area contributed by atoms with E-state index in [9.17, 15) is 0 Å². The lowest BCUT2D eigenvalue weighted by molar-refractivity contribution is 0.273. The molecule has 1 aromatic heterocycles. The summed E-state index contributed by atoms with van der Waals surface area (Å²) in [6.07, 6.45) is 3.38. The van der Waals surface area contributed by atoms with Crippen molar-refractivity contribution in [3.63, 3.8) is 0 Å². The third-order valence-corrected chi connectivity index (χ3v) is 3.04. The van der Waals surface area contributed by atoms with Crippen molar-refractivity contribution in [2.75, 3.05) is 27.4 Å². The van der Waals surface area contributed by atoms with Crippen molar-refractivity contribution >= 4 is 0 Å². The van der Waals surface area contributed by atoms with Crippen LogP contribution in [0.15, 0.2) is 35.1 Å². The van der Waals surface area contributed by atoms with Gasteiger partial charge in [0.25, 0.3) is 0 Å². The molecule has 1 aromatic carbocycles. The van der Waals surface area contributed by atoms with Gasteiger partial charge in [-0.15, -0.1) is 0 Å². The molecule has 0 aliphatic heterocycles. The molecule has 0 saturated heterocycles. The molecule has 0 amide bonds. The zero-order valence-corrected chi connectivity index (χ0v) is 12.6. The highest BCUT2D eigenvalue weighted by Gasteiger charge is 2.12. The van der Waals surface area contributed by atoms with E-state index >= 15 is 0 Å². The molecule has 0 saturated carbocycles. The monoisotopic (exact) mass is 291 g/mol. The Morgan fingerprint density at radius 3 is 2.43 bits per heavy atom. The first-order chi connectivity index (χ1) is 10.2. The molecule has 0 spiro atoms. The molecule has 0 bridgehead atoms. The SMILES string of the molecule is COc1cc(C)cc(OC)c1OCCNCc1ccoc1. The van der Waals surface area contributed by atoms with E-state index < -0.39 is 0 Å². The zero-order valence-electron chi connectivity index (χ0n) is 12.6. The topological polar surface area (TPSA) is 52.9 Å². The van der Waals surface area contributed by atoms with Crippen molar-refractivity contribution in [3.05, 3.63) is 41.9 Å². The molecule has 0 radical (unpaired) electrons. The molecule has 2 rings (SSSR count). The molecular weight excluding hydrogens is 270 g/mol. The molecular formula is C16H21NO4. The first-order valence-corrected chi connectivity index (χ1v) is 6.81. The quantitative estimate of drug-likeness (QED) is 0.758. The minimum absolute atomic E-state index is 0.521. The van der Waals surface area contributed by atoms with Crippen LogP contribution in [0.25, 0.3) is 0 Å². The van der Waals surface area contributed by atoms with E-state index in [2.05, 4.69) is 5.32 Å². The van der Waals surface area contributed by atoms with E-state index in [4.69, 9.17) is 18.6 Å². The molecule has 5 nitrogen and oxygen atoms in total. The van der Waals surface area contributed by atoms with Crippen LogP contribution >= 0.6 is 0 Å². The minimum atomic E-state index is 0.521. The predicted molar refractivity (Wildman–Crippen MR) is 80.2 cm³/mol. The molecule has 0 aliphatic rings. The maximum absolute atomic E-state index is 5.79. The third-order valence-electron chi connectivity index (χ3n) is 3.04. The van der Waals surface area contributed by atoms with Crippen LogP contribution < -0.4 is 19.5 Å². The van der Waals surface area contributed by atoms with Crippen LogP contribution in [-0.4, -0.2) is 27.4 Å². The normalized spacial score (nSPS) is 10.4. The number of hydrogen-bond acceptors (Lipinski definition) is 5. The molecule has 5 heteroatoms. The van der Waals surface area contributed by atoms with Crippen molar-refractivity contribution in [1.29, 1.82) is 0 Å². The highest BCUT2D eigenvalue weighted by molar-refractivity contribution is 5.53. The third kappa shape index (κ3) is 4.16. The highest BCUT2D eigenvalue weighted by atomic mass is 16.5. The first-order valence-electron chi connectivity index (χ1n) is 6.81. The second-order valence-corrected chi connectivity index (χ2v) is 4.66. The van der Waals surface area contributed by atoms with Gasteiger partial charge in [-0.2, -0.15) is 0 Å². The summed E-state index contributed by atoms with van der Waals surface area (Å²) in [7, 11) is 3.25. The summed E-state index contributed by atoms with van der Waals surface area (Å²) in [5.41, 5.74) is 2.18. The standard InChI is InChI=1S/C16H21NO4/c1-12-8-14(18-2)16(15(9-12)19-3)21-7-5-17-10-13-4-6-20-11-13/h4,6,8-9,11,17H,5,7,10H2,1-3H3. The number of rotatable bonds is 8. The first kappa shape index (κ1) is 15.3. The Labute approximate surface area is 124 Å². The lowest BCUT2D eigenvalue weighted by atomic mass is 10.2. The van der Waals surface area contributed by atoms with Crippen LogP contribution in [0.4, 0.5) is 0 Å². The van der Waals surface area contributed by atoms with Gasteiger partial charge >= 0.3 is 0 Å². The molecule has 0 unspecified atom stereocenters. The van der Waals surface area contributed by atoms with Crippen LogP contribution in [-0.2, 0) is 6.54 Å². The summed E-state index contributed by atoms with van der Waals surface area (Å²) < 4.78 is 21.5. The van der Waals surface area contributed by atoms with E-state index in [0.29, 0.717) is 30.4 Å². The van der Waals surface area contributed by atoms with Gasteiger partial charge < -0.3 is 23.9 Å². The van der Waals surface area contributed by atoms with Crippen molar-refractivity contribution in [2.45, 2.75) is 13.5 Å². The Balaban J connectivity index is 1.87. The number of aryl methyl sites for hydroxylation is 1. The van der Waals surface area contributed by atoms with E-state index in [1.807, 2.05) is 25.1 Å². The fraction of sp³-hybridized carbons (Fsp3) is 0.375. The molecule has 114 valence electrons. The molecule has 1 N–H and O–H groups in total. The van der Waals surface area contributed by atoms with Crippen molar-refractivity contribution in [1.82, 2.24) is 5.32 Å². The Morgan fingerprint density at radius 2 is 1.86 bits per heavy atom. The second kappa shape index (κ2) is 7.59. The Bertz CT molecular complexity index is 526. The van der Waals surface area contributed by atoms with Crippen molar-refractivity contribution in [2.24, 2.45) is 0 Å². The lowest BCUT2D eigenvalue weighted by Gasteiger charge is -2.15. The number of benzene rings is 1. The van der Waals surface area contributed by atoms with Gasteiger partial charge in [0.2, 0.25) is 5.75 Å². The van der Waals surface area contributed by atoms with Crippen molar-refractivity contribution < 1.29 is 18.6 Å². The van der Waals surface area contributed by atoms with Gasteiger partial charge in [0.1, 0.15) is 6.61 Å². The van der Waals surface area contributed by atoms with Crippen LogP contribution in [0.5, 0.6) is 17.2 Å². The summed E-state index contributed by atoms with van der Waals surface area (Å²) in [5.74, 6) is 2.00. The van der Waals surface area contributed by atoms with Crippen LogP contribution in [0, 0.1) is 6.92 Å². The summed E-state index contributed by atoms with van der Waals surface area (Å²) in [6, 6.07) is 5.79. The number of hydrogen-bond donors (Lipinski definition) is 1. The summed E-state index contributed by atoms with van der Waals surface area (Å²) >= 11 is 0. The van der Waals surface area contributed by atoms with E-state index in [1.54, 1.807) is 26.7 Å². The molecule has 0 fully saturated rings. The summed E-state index contributed by atoms with van der Waals surface area (Å²) in [6.45, 7) is 3.97.